The average molecular weight is 724 g/mol. The molecule has 0 spiro atoms. The molecule has 7 aromatic carbocycles. The molecule has 4 aliphatic carbocycles. The lowest BCUT2D eigenvalue weighted by atomic mass is 9.48. The first-order valence-electron chi connectivity index (χ1n) is 20.2. The molecule has 1 nitrogen and oxygen atoms in total. The molecule has 0 saturated heterocycles. The minimum absolute atomic E-state index is 0.408. The van der Waals surface area contributed by atoms with E-state index in [-0.39, 0.29) is 0 Å². The van der Waals surface area contributed by atoms with E-state index < -0.39 is 0 Å². The summed E-state index contributed by atoms with van der Waals surface area (Å²) in [4.78, 5) is 5.37. The number of aromatic nitrogens is 1. The van der Waals surface area contributed by atoms with Gasteiger partial charge in [0.25, 0.3) is 0 Å². The summed E-state index contributed by atoms with van der Waals surface area (Å²) < 4.78 is 2.66. The molecule has 0 unspecified atom stereocenters. The third kappa shape index (κ3) is 5.22. The van der Waals surface area contributed by atoms with E-state index in [1.54, 1.807) is 5.56 Å². The van der Waals surface area contributed by atoms with Gasteiger partial charge < -0.3 is 0 Å². The van der Waals surface area contributed by atoms with Crippen molar-refractivity contribution in [2.24, 2.45) is 17.8 Å². The predicted octanol–water partition coefficient (Wildman–Crippen LogP) is 14.9. The summed E-state index contributed by atoms with van der Waals surface area (Å²) >= 11 is 1.91. The summed E-state index contributed by atoms with van der Waals surface area (Å²) in [6.45, 7) is 0. The highest BCUT2D eigenvalue weighted by molar-refractivity contribution is 7.26. The molecule has 0 N–H and O–H groups in total. The smallest absolute Gasteiger partial charge is 0.0715 e. The highest BCUT2D eigenvalue weighted by Gasteiger charge is 2.51. The molecule has 4 saturated carbocycles. The SMILES string of the molecule is c1ccc(-c2cc(-c3cc(-c4ccc(C56CC7CC(CC(C7)C5)C6)cc4)cc4sc5ccccc5c34)cc(-c3ccc4c(ccc5ccccc54)c3)n2)cc1. The topological polar surface area (TPSA) is 12.9 Å². The largest absolute Gasteiger partial charge is 0.248 e. The van der Waals surface area contributed by atoms with E-state index in [1.165, 1.54) is 102 Å². The minimum atomic E-state index is 0.408. The zero-order valence-electron chi connectivity index (χ0n) is 30.8. The second-order valence-corrected chi connectivity index (χ2v) is 18.1. The van der Waals surface area contributed by atoms with Gasteiger partial charge in [0.1, 0.15) is 0 Å². The summed E-state index contributed by atoms with van der Waals surface area (Å²) in [5.74, 6) is 2.85. The van der Waals surface area contributed by atoms with Crippen molar-refractivity contribution in [3.05, 3.63) is 163 Å². The van der Waals surface area contributed by atoms with Crippen molar-refractivity contribution in [3.63, 3.8) is 0 Å². The van der Waals surface area contributed by atoms with Crippen molar-refractivity contribution >= 4 is 53.1 Å². The van der Waals surface area contributed by atoms with Crippen LogP contribution in [0.2, 0.25) is 0 Å². The summed E-state index contributed by atoms with van der Waals surface area (Å²) in [5.41, 5.74) is 11.3. The quantitative estimate of drug-likeness (QED) is 0.161. The molecule has 2 heteroatoms. The standard InChI is InChI=1S/C53H41NS/c1-2-9-38(10-3-1)48-27-42(28-49(54-48)40-18-21-45-39(25-40)15-14-37-8-4-5-11-44(37)45)47-26-41(29-51-52(47)46-12-6-7-13-50(46)55-51)36-16-19-43(20-17-36)53-30-33-22-34(31-53)24-35(23-33)32-53/h1-21,25-29,33-35H,22-24,30-32H2. The van der Waals surface area contributed by atoms with Gasteiger partial charge >= 0.3 is 0 Å². The molecule has 0 aliphatic heterocycles. The molecule has 0 amide bonds. The van der Waals surface area contributed by atoms with Gasteiger partial charge in [0, 0.05) is 31.3 Å². The molecular formula is C53H41NS. The van der Waals surface area contributed by atoms with E-state index in [0.29, 0.717) is 5.41 Å². The molecular weight excluding hydrogens is 683 g/mol. The maximum Gasteiger partial charge on any atom is 0.0715 e. The van der Waals surface area contributed by atoms with Gasteiger partial charge in [-0.05, 0) is 147 Å². The van der Waals surface area contributed by atoms with Crippen molar-refractivity contribution in [2.75, 3.05) is 0 Å². The number of hydrogen-bond donors (Lipinski definition) is 0. The van der Waals surface area contributed by atoms with Crippen LogP contribution in [0.3, 0.4) is 0 Å². The summed E-state index contributed by atoms with van der Waals surface area (Å²) in [5, 5.41) is 7.70. The first-order valence-corrected chi connectivity index (χ1v) is 21.0. The van der Waals surface area contributed by atoms with E-state index in [1.807, 2.05) is 11.3 Å². The first-order chi connectivity index (χ1) is 27.1. The van der Waals surface area contributed by atoms with Gasteiger partial charge in [0.15, 0.2) is 0 Å². The Morgan fingerprint density at radius 3 is 1.85 bits per heavy atom. The summed E-state index contributed by atoms with van der Waals surface area (Å²) in [7, 11) is 0. The van der Waals surface area contributed by atoms with Gasteiger partial charge in [-0.25, -0.2) is 4.98 Å². The van der Waals surface area contributed by atoms with Gasteiger partial charge in [0.05, 0.1) is 11.4 Å². The molecule has 13 rings (SSSR count). The Labute approximate surface area is 326 Å². The van der Waals surface area contributed by atoms with Crippen LogP contribution in [0.5, 0.6) is 0 Å². The minimum Gasteiger partial charge on any atom is -0.248 e. The van der Waals surface area contributed by atoms with E-state index in [4.69, 9.17) is 4.98 Å². The molecule has 0 radical (unpaired) electrons. The molecule has 4 aliphatic rings. The normalized spacial score (nSPS) is 21.6. The fourth-order valence-electron chi connectivity index (χ4n) is 11.5. The lowest BCUT2D eigenvalue weighted by Gasteiger charge is -2.57. The fourth-order valence-corrected chi connectivity index (χ4v) is 12.7. The van der Waals surface area contributed by atoms with Gasteiger partial charge in [-0.3, -0.25) is 0 Å². The first kappa shape index (κ1) is 31.7. The second kappa shape index (κ2) is 12.2. The van der Waals surface area contributed by atoms with E-state index >= 15 is 0 Å². The highest BCUT2D eigenvalue weighted by Crippen LogP contribution is 2.61. The molecule has 2 heterocycles. The van der Waals surface area contributed by atoms with Crippen LogP contribution in [0.25, 0.3) is 86.5 Å². The second-order valence-electron chi connectivity index (χ2n) is 17.0. The number of pyridine rings is 1. The van der Waals surface area contributed by atoms with Crippen molar-refractivity contribution in [2.45, 2.75) is 43.9 Å². The van der Waals surface area contributed by atoms with Gasteiger partial charge in [0.2, 0.25) is 0 Å². The van der Waals surface area contributed by atoms with Crippen LogP contribution in [0, 0.1) is 17.8 Å². The summed E-state index contributed by atoms with van der Waals surface area (Å²) in [6.07, 6.45) is 8.65. The van der Waals surface area contributed by atoms with Crippen molar-refractivity contribution in [3.8, 4) is 44.8 Å². The number of rotatable bonds is 5. The van der Waals surface area contributed by atoms with E-state index in [0.717, 1.165) is 40.3 Å². The Morgan fingerprint density at radius 2 is 1.07 bits per heavy atom. The van der Waals surface area contributed by atoms with Crippen molar-refractivity contribution in [1.29, 1.82) is 0 Å². The van der Waals surface area contributed by atoms with Crippen LogP contribution < -0.4 is 0 Å². The van der Waals surface area contributed by atoms with E-state index in [2.05, 4.69) is 158 Å². The number of benzene rings is 7. The van der Waals surface area contributed by atoms with Crippen LogP contribution >= 0.6 is 11.3 Å². The Morgan fingerprint density at radius 1 is 0.436 bits per heavy atom. The van der Waals surface area contributed by atoms with E-state index in [9.17, 15) is 0 Å². The van der Waals surface area contributed by atoms with Crippen LogP contribution in [0.15, 0.2) is 158 Å². The summed E-state index contributed by atoms with van der Waals surface area (Å²) in [6, 6.07) is 59.0. The maximum atomic E-state index is 5.37. The molecule has 55 heavy (non-hydrogen) atoms. The zero-order valence-corrected chi connectivity index (χ0v) is 31.7. The third-order valence-corrected chi connectivity index (χ3v) is 14.7. The van der Waals surface area contributed by atoms with Crippen molar-refractivity contribution in [1.82, 2.24) is 4.98 Å². The predicted molar refractivity (Wildman–Crippen MR) is 234 cm³/mol. The lowest BCUT2D eigenvalue weighted by Crippen LogP contribution is -2.48. The third-order valence-electron chi connectivity index (χ3n) is 13.6. The fraction of sp³-hybridized carbons (Fsp3) is 0.189. The Hall–Kier alpha value is -5.57. The van der Waals surface area contributed by atoms with Gasteiger partial charge in [-0.15, -0.1) is 11.3 Å². The average Bonchev–Trinajstić information content (AvgIpc) is 3.61. The number of hydrogen-bond acceptors (Lipinski definition) is 2. The van der Waals surface area contributed by atoms with Gasteiger partial charge in [-0.2, -0.15) is 0 Å². The molecule has 4 fully saturated rings. The molecule has 0 atom stereocenters. The Kier molecular flexibility index (Phi) is 7.05. The van der Waals surface area contributed by atoms with Crippen LogP contribution in [-0.4, -0.2) is 4.98 Å². The number of nitrogens with zero attached hydrogens (tertiary/aromatic N) is 1. The monoisotopic (exact) mass is 723 g/mol. The van der Waals surface area contributed by atoms with Crippen LogP contribution in [0.4, 0.5) is 0 Å². The maximum absolute atomic E-state index is 5.37. The van der Waals surface area contributed by atoms with Crippen LogP contribution in [-0.2, 0) is 5.41 Å². The molecule has 4 bridgehead atoms. The highest BCUT2D eigenvalue weighted by atomic mass is 32.1. The molecule has 9 aromatic rings. The van der Waals surface area contributed by atoms with Gasteiger partial charge in [-0.1, -0.05) is 121 Å². The lowest BCUT2D eigenvalue weighted by molar-refractivity contribution is -0.00518. The number of fused-ring (bicyclic) bond motifs is 6. The van der Waals surface area contributed by atoms with Crippen LogP contribution in [0.1, 0.15) is 44.1 Å². The zero-order chi connectivity index (χ0) is 36.1. The Balaban J connectivity index is 1.03. The van der Waals surface area contributed by atoms with Crippen molar-refractivity contribution < 1.29 is 0 Å². The Bertz CT molecular complexity index is 2920. The molecule has 2 aromatic heterocycles. The number of thiophene rings is 1. The molecule has 264 valence electrons.